The molecule has 13 heteroatoms. The van der Waals surface area contributed by atoms with Crippen LogP contribution in [0, 0.1) is 4.77 Å². The minimum Gasteiger partial charge on any atom is -0.494 e. The number of aromatic amines is 1. The maximum absolute atomic E-state index is 12.4. The van der Waals surface area contributed by atoms with Crippen molar-refractivity contribution in [2.24, 2.45) is 26.2 Å². The van der Waals surface area contributed by atoms with Crippen LogP contribution in [0.5, 0.6) is 5.88 Å². The number of nitrogens with one attached hydrogen (secondary N) is 2. The number of rotatable bonds is 4. The topological polar surface area (TPSA) is 144 Å². The lowest BCUT2D eigenvalue weighted by atomic mass is 10.3. The zero-order chi connectivity index (χ0) is 20.7. The van der Waals surface area contributed by atoms with Gasteiger partial charge in [-0.1, -0.05) is 0 Å². The molecule has 0 saturated carbocycles. The van der Waals surface area contributed by atoms with Gasteiger partial charge in [-0.25, -0.2) is 10.2 Å². The molecule has 0 amide bonds. The molecule has 0 spiro atoms. The van der Waals surface area contributed by atoms with Crippen LogP contribution >= 0.6 is 12.2 Å². The molecule has 3 aromatic rings. The maximum atomic E-state index is 12.4. The highest BCUT2D eigenvalue weighted by Gasteiger charge is 2.16. The number of aryl methyl sites for hydroxylation is 2. The molecule has 3 heterocycles. The molecule has 0 atom stereocenters. The molecule has 3 rings (SSSR count). The summed E-state index contributed by atoms with van der Waals surface area (Å²) in [6.45, 7) is 2.12. The van der Waals surface area contributed by atoms with Crippen LogP contribution in [0.2, 0.25) is 0 Å². The molecule has 3 N–H and O–H groups in total. The third kappa shape index (κ3) is 2.85. The molecular weight excluding hydrogens is 388 g/mol. The second kappa shape index (κ2) is 6.92. The lowest BCUT2D eigenvalue weighted by molar-refractivity contribution is 0.408. The first kappa shape index (κ1) is 19.3. The summed E-state index contributed by atoms with van der Waals surface area (Å²) in [4.78, 5) is 43.1. The molecule has 0 unspecified atom stereocenters. The van der Waals surface area contributed by atoms with Gasteiger partial charge in [0.15, 0.2) is 15.9 Å². The predicted octanol–water partition coefficient (Wildman–Crippen LogP) is -0.639. The van der Waals surface area contributed by atoms with Crippen molar-refractivity contribution < 1.29 is 5.11 Å². The number of aromatic nitrogens is 6. The number of anilines is 1. The minimum atomic E-state index is -0.598. The molecule has 148 valence electrons. The van der Waals surface area contributed by atoms with E-state index in [1.54, 1.807) is 14.0 Å². The van der Waals surface area contributed by atoms with E-state index in [1.807, 2.05) is 0 Å². The van der Waals surface area contributed by atoms with Crippen molar-refractivity contribution in [3.8, 4) is 5.88 Å². The van der Waals surface area contributed by atoms with Crippen LogP contribution in [0.25, 0.3) is 11.2 Å². The van der Waals surface area contributed by atoms with Gasteiger partial charge in [0.25, 0.3) is 11.1 Å². The van der Waals surface area contributed by atoms with Crippen molar-refractivity contribution in [3.63, 3.8) is 0 Å². The van der Waals surface area contributed by atoms with Crippen molar-refractivity contribution in [1.29, 1.82) is 0 Å². The number of fused-ring (bicyclic) bond motifs is 1. The zero-order valence-corrected chi connectivity index (χ0v) is 16.4. The van der Waals surface area contributed by atoms with Crippen LogP contribution in [0.3, 0.4) is 0 Å². The molecule has 0 aromatic carbocycles. The third-order valence-corrected chi connectivity index (χ3v) is 4.68. The first-order valence-electron chi connectivity index (χ1n) is 8.16. The van der Waals surface area contributed by atoms with Crippen LogP contribution in [0.4, 0.5) is 5.95 Å². The average Bonchev–Trinajstić information content (AvgIpc) is 2.97. The number of aromatic hydroxyl groups is 1. The molecule has 0 saturated heterocycles. The summed E-state index contributed by atoms with van der Waals surface area (Å²) in [5, 5.41) is 14.1. The van der Waals surface area contributed by atoms with Crippen molar-refractivity contribution in [2.75, 3.05) is 5.43 Å². The number of hydrazone groups is 1. The standard InChI is InChI=1S/C15H18N8O4S/c1-5-23-11(25)7(10(24)18-14(23)28)6-16-19-13-17-9-8(20(13)2)12(26)22(4)15(27)21(9)3/h6,25H,5H2,1-4H3,(H,17,19)(H,18,24,28)/b16-6-. The van der Waals surface area contributed by atoms with E-state index in [9.17, 15) is 19.5 Å². The van der Waals surface area contributed by atoms with Gasteiger partial charge in [0.1, 0.15) is 5.56 Å². The van der Waals surface area contributed by atoms with E-state index in [0.717, 1.165) is 10.8 Å². The highest BCUT2D eigenvalue weighted by Crippen LogP contribution is 2.14. The summed E-state index contributed by atoms with van der Waals surface area (Å²) < 4.78 is 5.11. The summed E-state index contributed by atoms with van der Waals surface area (Å²) >= 11 is 4.99. The van der Waals surface area contributed by atoms with E-state index in [1.165, 1.54) is 27.8 Å². The predicted molar refractivity (Wildman–Crippen MR) is 106 cm³/mol. The quantitative estimate of drug-likeness (QED) is 0.297. The Morgan fingerprint density at radius 3 is 2.54 bits per heavy atom. The van der Waals surface area contributed by atoms with Gasteiger partial charge in [-0.3, -0.25) is 28.3 Å². The zero-order valence-electron chi connectivity index (χ0n) is 15.5. The molecule has 0 fully saturated rings. The van der Waals surface area contributed by atoms with Crippen molar-refractivity contribution in [2.45, 2.75) is 13.5 Å². The lowest BCUT2D eigenvalue weighted by Gasteiger charge is -2.07. The Morgan fingerprint density at radius 2 is 1.89 bits per heavy atom. The highest BCUT2D eigenvalue weighted by molar-refractivity contribution is 7.71. The fourth-order valence-corrected chi connectivity index (χ4v) is 3.07. The SMILES string of the molecule is CCn1c(O)c(/C=N\Nc2nc3c(c(=O)n(C)c(=O)n3C)n2C)c(=O)[nH]c1=S. The molecule has 0 aliphatic rings. The van der Waals surface area contributed by atoms with E-state index in [-0.39, 0.29) is 33.3 Å². The highest BCUT2D eigenvalue weighted by atomic mass is 32.1. The van der Waals surface area contributed by atoms with Gasteiger partial charge in [0.05, 0.1) is 6.21 Å². The Balaban J connectivity index is 2.06. The molecular formula is C15H18N8O4S. The summed E-state index contributed by atoms with van der Waals surface area (Å²) in [7, 11) is 4.46. The maximum Gasteiger partial charge on any atom is 0.332 e. The van der Waals surface area contributed by atoms with E-state index >= 15 is 0 Å². The number of imidazole rings is 1. The molecule has 0 aliphatic carbocycles. The van der Waals surface area contributed by atoms with Crippen molar-refractivity contribution in [3.05, 3.63) is 41.5 Å². The van der Waals surface area contributed by atoms with E-state index in [2.05, 4.69) is 20.5 Å². The first-order chi connectivity index (χ1) is 13.2. The first-order valence-corrected chi connectivity index (χ1v) is 8.57. The molecule has 0 aliphatic heterocycles. The fraction of sp³-hybridized carbons (Fsp3) is 0.333. The molecule has 3 aromatic heterocycles. The minimum absolute atomic E-state index is 0.0926. The Hall–Kier alpha value is -3.48. The number of nitrogens with zero attached hydrogens (tertiary/aromatic N) is 6. The van der Waals surface area contributed by atoms with E-state index < -0.39 is 16.8 Å². The lowest BCUT2D eigenvalue weighted by Crippen LogP contribution is -2.37. The van der Waals surface area contributed by atoms with Crippen LogP contribution in [-0.4, -0.2) is 39.6 Å². The van der Waals surface area contributed by atoms with Gasteiger partial charge in [-0.2, -0.15) is 10.1 Å². The monoisotopic (exact) mass is 406 g/mol. The Labute approximate surface area is 162 Å². The van der Waals surface area contributed by atoms with Gasteiger partial charge in [-0.15, -0.1) is 0 Å². The van der Waals surface area contributed by atoms with Crippen LogP contribution < -0.4 is 22.2 Å². The van der Waals surface area contributed by atoms with Gasteiger partial charge in [-0.05, 0) is 19.1 Å². The van der Waals surface area contributed by atoms with Gasteiger partial charge >= 0.3 is 5.69 Å². The second-order valence-electron chi connectivity index (χ2n) is 5.98. The molecule has 28 heavy (non-hydrogen) atoms. The second-order valence-corrected chi connectivity index (χ2v) is 6.37. The van der Waals surface area contributed by atoms with E-state index in [0.29, 0.717) is 6.54 Å². The van der Waals surface area contributed by atoms with Crippen LogP contribution in [-0.2, 0) is 27.7 Å². The molecule has 12 nitrogen and oxygen atoms in total. The molecule has 0 bridgehead atoms. The van der Waals surface area contributed by atoms with Gasteiger partial charge in [0, 0.05) is 27.7 Å². The smallest absolute Gasteiger partial charge is 0.332 e. The average molecular weight is 406 g/mol. The fourth-order valence-electron chi connectivity index (χ4n) is 2.76. The van der Waals surface area contributed by atoms with Crippen LogP contribution in [0.15, 0.2) is 19.5 Å². The van der Waals surface area contributed by atoms with E-state index in [4.69, 9.17) is 12.2 Å². The summed E-state index contributed by atoms with van der Waals surface area (Å²) in [5.74, 6) is -0.146. The number of hydrogen-bond donors (Lipinski definition) is 3. The Morgan fingerprint density at radius 1 is 1.21 bits per heavy atom. The summed E-state index contributed by atoms with van der Waals surface area (Å²) in [6, 6.07) is 0. The number of H-pyrrole nitrogens is 1. The van der Waals surface area contributed by atoms with Crippen molar-refractivity contribution in [1.82, 2.24) is 28.2 Å². The van der Waals surface area contributed by atoms with Crippen LogP contribution in [0.1, 0.15) is 12.5 Å². The summed E-state index contributed by atoms with van der Waals surface area (Å²) in [5.41, 5.74) is 1.32. The molecule has 0 radical (unpaired) electrons. The van der Waals surface area contributed by atoms with Gasteiger partial charge in [0.2, 0.25) is 11.8 Å². The number of hydrogen-bond acceptors (Lipinski definition) is 8. The summed E-state index contributed by atoms with van der Waals surface area (Å²) in [6.07, 6.45) is 1.12. The third-order valence-electron chi connectivity index (χ3n) is 4.36. The normalized spacial score (nSPS) is 11.6. The van der Waals surface area contributed by atoms with Crippen molar-refractivity contribution >= 4 is 35.5 Å². The Bertz CT molecular complexity index is 1350. The Kier molecular flexibility index (Phi) is 4.77. The largest absolute Gasteiger partial charge is 0.494 e. The van der Waals surface area contributed by atoms with Gasteiger partial charge < -0.3 is 9.67 Å².